The zero-order valence-electron chi connectivity index (χ0n) is 18.2. The average Bonchev–Trinajstić information content (AvgIpc) is 3.27. The van der Waals surface area contributed by atoms with Crippen LogP contribution >= 0.6 is 11.6 Å². The zero-order chi connectivity index (χ0) is 22.6. The lowest BCUT2D eigenvalue weighted by atomic mass is 9.77. The van der Waals surface area contributed by atoms with E-state index in [2.05, 4.69) is 0 Å². The summed E-state index contributed by atoms with van der Waals surface area (Å²) in [7, 11) is 6.62. The van der Waals surface area contributed by atoms with E-state index in [1.54, 1.807) is 33.3 Å². The summed E-state index contributed by atoms with van der Waals surface area (Å²) in [4.78, 5) is 15.5. The van der Waals surface area contributed by atoms with Gasteiger partial charge in [0.2, 0.25) is 5.91 Å². The van der Waals surface area contributed by atoms with E-state index in [1.165, 1.54) is 0 Å². The number of amides is 1. The van der Waals surface area contributed by atoms with Crippen LogP contribution in [0.2, 0.25) is 5.02 Å². The van der Waals surface area contributed by atoms with Crippen LogP contribution in [0.1, 0.15) is 22.3 Å². The van der Waals surface area contributed by atoms with Crippen LogP contribution in [0.25, 0.3) is 5.57 Å². The second kappa shape index (κ2) is 7.31. The molecule has 0 aromatic heterocycles. The number of rotatable bonds is 4. The lowest BCUT2D eigenvalue weighted by Gasteiger charge is -2.22. The number of anilines is 1. The van der Waals surface area contributed by atoms with Crippen LogP contribution < -0.4 is 19.1 Å². The normalized spacial score (nSPS) is 18.5. The Bertz CT molecular complexity index is 1270. The molecule has 1 heterocycles. The number of benzene rings is 3. The fourth-order valence-corrected chi connectivity index (χ4v) is 5.09. The molecule has 3 aromatic carbocycles. The number of hydrogen-bond acceptors (Lipinski definition) is 4. The molecule has 1 amide bonds. The van der Waals surface area contributed by atoms with Gasteiger partial charge >= 0.3 is 0 Å². The van der Waals surface area contributed by atoms with Crippen LogP contribution in [0.4, 0.5) is 5.69 Å². The van der Waals surface area contributed by atoms with E-state index in [0.29, 0.717) is 22.3 Å². The topological polar surface area (TPSA) is 48.0 Å². The third-order valence-corrected chi connectivity index (χ3v) is 6.61. The molecule has 162 valence electrons. The highest BCUT2D eigenvalue weighted by Gasteiger charge is 2.54. The van der Waals surface area contributed by atoms with E-state index in [0.717, 1.165) is 33.5 Å². The van der Waals surface area contributed by atoms with Gasteiger partial charge in [-0.1, -0.05) is 41.9 Å². The van der Waals surface area contributed by atoms with E-state index in [-0.39, 0.29) is 5.91 Å². The minimum Gasteiger partial charge on any atom is -0.496 e. The van der Waals surface area contributed by atoms with Gasteiger partial charge in [-0.25, -0.2) is 0 Å². The number of likely N-dealkylation sites (N-methyl/N-ethyl adjacent to an activating group) is 1. The summed E-state index contributed by atoms with van der Waals surface area (Å²) < 4.78 is 16.9. The molecule has 0 bridgehead atoms. The van der Waals surface area contributed by atoms with Crippen molar-refractivity contribution in [3.8, 4) is 17.2 Å². The van der Waals surface area contributed by atoms with Gasteiger partial charge in [-0.05, 0) is 34.9 Å². The van der Waals surface area contributed by atoms with Crippen LogP contribution in [0.15, 0.2) is 60.7 Å². The van der Waals surface area contributed by atoms with Crippen LogP contribution in [-0.4, -0.2) is 34.3 Å². The van der Waals surface area contributed by atoms with Crippen molar-refractivity contribution in [2.24, 2.45) is 0 Å². The molecule has 2 aliphatic rings. The predicted octanol–water partition coefficient (Wildman–Crippen LogP) is 5.07. The number of ether oxygens (including phenoxy) is 3. The van der Waals surface area contributed by atoms with Crippen molar-refractivity contribution >= 4 is 28.8 Å². The number of halogens is 1. The summed E-state index contributed by atoms with van der Waals surface area (Å²) in [5.41, 5.74) is 4.23. The molecule has 1 aliphatic carbocycles. The zero-order valence-corrected chi connectivity index (χ0v) is 19.0. The molecule has 0 N–H and O–H groups in total. The van der Waals surface area contributed by atoms with Crippen molar-refractivity contribution < 1.29 is 19.0 Å². The van der Waals surface area contributed by atoms with Crippen molar-refractivity contribution in [1.29, 1.82) is 0 Å². The molecule has 0 saturated heterocycles. The molecule has 0 fully saturated rings. The molecular formula is C26H22ClNO4. The van der Waals surface area contributed by atoms with Crippen LogP contribution in [0, 0.1) is 0 Å². The van der Waals surface area contributed by atoms with Crippen molar-refractivity contribution in [3.63, 3.8) is 0 Å². The summed E-state index contributed by atoms with van der Waals surface area (Å²) in [6.07, 6.45) is 2.02. The summed E-state index contributed by atoms with van der Waals surface area (Å²) in [5, 5.41) is 0.588. The third kappa shape index (κ3) is 2.61. The van der Waals surface area contributed by atoms with Gasteiger partial charge in [-0.3, -0.25) is 4.79 Å². The third-order valence-electron chi connectivity index (χ3n) is 6.37. The fraction of sp³-hybridized carbons (Fsp3) is 0.192. The number of methoxy groups -OCH3 is 3. The summed E-state index contributed by atoms with van der Waals surface area (Å²) in [6, 6.07) is 17.2. The molecule has 6 heteroatoms. The van der Waals surface area contributed by atoms with Crippen LogP contribution in [0.3, 0.4) is 0 Å². The molecule has 1 aliphatic heterocycles. The lowest BCUT2D eigenvalue weighted by molar-refractivity contribution is -0.120. The van der Waals surface area contributed by atoms with Crippen molar-refractivity contribution in [2.45, 2.75) is 5.41 Å². The maximum Gasteiger partial charge on any atom is 0.245 e. The number of carbonyl (C=O) groups excluding carboxylic acids is 1. The van der Waals surface area contributed by atoms with Gasteiger partial charge in [0, 0.05) is 35.5 Å². The fourth-order valence-electron chi connectivity index (χ4n) is 4.92. The smallest absolute Gasteiger partial charge is 0.245 e. The maximum absolute atomic E-state index is 13.8. The highest BCUT2D eigenvalue weighted by atomic mass is 35.5. The Morgan fingerprint density at radius 1 is 0.875 bits per heavy atom. The summed E-state index contributed by atoms with van der Waals surface area (Å²) in [6.45, 7) is 0. The van der Waals surface area contributed by atoms with Gasteiger partial charge in [-0.15, -0.1) is 0 Å². The van der Waals surface area contributed by atoms with E-state index < -0.39 is 5.41 Å². The molecule has 1 unspecified atom stereocenters. The molecule has 1 atom stereocenters. The first-order valence-electron chi connectivity index (χ1n) is 10.2. The lowest BCUT2D eigenvalue weighted by Crippen LogP contribution is -2.37. The van der Waals surface area contributed by atoms with Gasteiger partial charge in [0.05, 0.1) is 26.9 Å². The van der Waals surface area contributed by atoms with Gasteiger partial charge in [0.1, 0.15) is 22.7 Å². The second-order valence-corrected chi connectivity index (χ2v) is 8.28. The second-order valence-electron chi connectivity index (χ2n) is 7.84. The van der Waals surface area contributed by atoms with Crippen molar-refractivity contribution in [2.75, 3.05) is 33.3 Å². The van der Waals surface area contributed by atoms with Crippen LogP contribution in [0.5, 0.6) is 17.2 Å². The van der Waals surface area contributed by atoms with Crippen molar-refractivity contribution in [3.05, 3.63) is 87.9 Å². The Morgan fingerprint density at radius 2 is 1.56 bits per heavy atom. The molecule has 0 saturated carbocycles. The monoisotopic (exact) mass is 447 g/mol. The predicted molar refractivity (Wildman–Crippen MR) is 125 cm³/mol. The SMILES string of the molecule is COc1cc(OC)c(C2=CC3(C(=O)N(C)c4ccc(Cl)cc43)c3ccccc32)c(OC)c1. The number of hydrogen-bond donors (Lipinski definition) is 0. The number of carbonyl (C=O) groups is 1. The summed E-state index contributed by atoms with van der Waals surface area (Å²) >= 11 is 6.39. The molecule has 1 spiro atoms. The van der Waals surface area contributed by atoms with E-state index >= 15 is 0 Å². The Morgan fingerprint density at radius 3 is 2.22 bits per heavy atom. The van der Waals surface area contributed by atoms with Gasteiger partial charge < -0.3 is 19.1 Å². The highest BCUT2D eigenvalue weighted by Crippen LogP contribution is 2.56. The first-order valence-corrected chi connectivity index (χ1v) is 10.6. The highest BCUT2D eigenvalue weighted by molar-refractivity contribution is 6.31. The standard InChI is InChI=1S/C26H22ClNO4/c1-28-21-10-9-15(27)11-20(21)26(25(28)29)14-18(17-7-5-6-8-19(17)26)24-22(31-3)12-16(30-2)13-23(24)32-4/h5-14H,1-4H3. The van der Waals surface area contributed by atoms with Crippen molar-refractivity contribution in [1.82, 2.24) is 0 Å². The van der Waals surface area contributed by atoms with Gasteiger partial charge in [0.15, 0.2) is 0 Å². The minimum atomic E-state index is -0.975. The summed E-state index contributed by atoms with van der Waals surface area (Å²) in [5.74, 6) is 1.80. The molecule has 5 rings (SSSR count). The first kappa shape index (κ1) is 20.5. The quantitative estimate of drug-likeness (QED) is 0.560. The number of fused-ring (bicyclic) bond motifs is 4. The van der Waals surface area contributed by atoms with E-state index in [9.17, 15) is 4.79 Å². The molecule has 32 heavy (non-hydrogen) atoms. The molecular weight excluding hydrogens is 426 g/mol. The average molecular weight is 448 g/mol. The molecule has 0 radical (unpaired) electrons. The van der Waals surface area contributed by atoms with E-state index in [1.807, 2.05) is 60.7 Å². The first-order chi connectivity index (χ1) is 15.5. The van der Waals surface area contributed by atoms with E-state index in [4.69, 9.17) is 25.8 Å². The Kier molecular flexibility index (Phi) is 4.68. The Hall–Kier alpha value is -3.44. The molecule has 5 nitrogen and oxygen atoms in total. The van der Waals surface area contributed by atoms with Gasteiger partial charge in [-0.2, -0.15) is 0 Å². The Labute approximate surface area is 191 Å². The van der Waals surface area contributed by atoms with Gasteiger partial charge in [0.25, 0.3) is 0 Å². The molecule has 3 aromatic rings. The minimum absolute atomic E-state index is 0.0244. The Balaban J connectivity index is 1.86. The number of nitrogens with zero attached hydrogens (tertiary/aromatic N) is 1. The largest absolute Gasteiger partial charge is 0.496 e. The maximum atomic E-state index is 13.8. The van der Waals surface area contributed by atoms with Crippen LogP contribution in [-0.2, 0) is 10.2 Å².